The Morgan fingerprint density at radius 3 is 2.42 bits per heavy atom. The zero-order chi connectivity index (χ0) is 8.59. The lowest BCUT2D eigenvalue weighted by Crippen LogP contribution is -1.93. The molecule has 68 valence electrons. The van der Waals surface area contributed by atoms with Crippen LogP contribution in [0.5, 0.6) is 0 Å². The Kier molecular flexibility index (Phi) is 4.38. The van der Waals surface area contributed by atoms with Crippen LogP contribution in [-0.2, 0) is 0 Å². The van der Waals surface area contributed by atoms with Crippen LogP contribution in [0.2, 0.25) is 5.02 Å². The van der Waals surface area contributed by atoms with Gasteiger partial charge in [-0.1, -0.05) is 11.6 Å². The second-order valence-corrected chi connectivity index (χ2v) is 3.76. The van der Waals surface area contributed by atoms with E-state index in [1.807, 2.05) is 19.9 Å². The highest BCUT2D eigenvalue weighted by Crippen LogP contribution is 2.31. The van der Waals surface area contributed by atoms with Crippen molar-refractivity contribution in [1.82, 2.24) is 0 Å². The average Bonchev–Trinajstić information content (AvgIpc) is 1.97. The Balaban J connectivity index is 0.00000121. The van der Waals surface area contributed by atoms with E-state index in [0.717, 1.165) is 26.3 Å². The van der Waals surface area contributed by atoms with E-state index in [2.05, 4.69) is 15.9 Å². The number of nitrogens with two attached hydrogens (primary N) is 1. The van der Waals surface area contributed by atoms with Crippen LogP contribution < -0.4 is 5.73 Å². The van der Waals surface area contributed by atoms with E-state index in [0.29, 0.717) is 0 Å². The van der Waals surface area contributed by atoms with Gasteiger partial charge in [0.2, 0.25) is 0 Å². The molecule has 0 heterocycles. The molecule has 1 aromatic carbocycles. The Morgan fingerprint density at radius 2 is 1.92 bits per heavy atom. The lowest BCUT2D eigenvalue weighted by molar-refractivity contribution is 1.37. The molecule has 0 spiro atoms. The van der Waals surface area contributed by atoms with E-state index in [-0.39, 0.29) is 12.4 Å². The number of halogens is 3. The molecule has 0 aliphatic rings. The average molecular weight is 271 g/mol. The smallest absolute Gasteiger partial charge is 0.0503 e. The van der Waals surface area contributed by atoms with E-state index in [9.17, 15) is 0 Å². The van der Waals surface area contributed by atoms with Crippen molar-refractivity contribution in [1.29, 1.82) is 0 Å². The fourth-order valence-electron chi connectivity index (χ4n) is 0.924. The molecule has 0 bridgehead atoms. The zero-order valence-corrected chi connectivity index (χ0v) is 9.98. The number of rotatable bonds is 0. The van der Waals surface area contributed by atoms with Gasteiger partial charge in [0, 0.05) is 9.50 Å². The van der Waals surface area contributed by atoms with Crippen LogP contribution >= 0.6 is 39.9 Å². The zero-order valence-electron chi connectivity index (χ0n) is 6.82. The van der Waals surface area contributed by atoms with E-state index in [1.54, 1.807) is 0 Å². The van der Waals surface area contributed by atoms with Crippen molar-refractivity contribution >= 4 is 45.6 Å². The van der Waals surface area contributed by atoms with Crippen molar-refractivity contribution < 1.29 is 0 Å². The highest BCUT2D eigenvalue weighted by atomic mass is 79.9. The maximum atomic E-state index is 5.95. The molecule has 1 nitrogen and oxygen atoms in total. The molecule has 0 fully saturated rings. The SMILES string of the molecule is Cc1cc(Br)c(N)c(C)c1Cl.Cl. The van der Waals surface area contributed by atoms with Crippen LogP contribution in [0.25, 0.3) is 0 Å². The summed E-state index contributed by atoms with van der Waals surface area (Å²) in [5.74, 6) is 0. The van der Waals surface area contributed by atoms with Gasteiger partial charge in [0.1, 0.15) is 0 Å². The van der Waals surface area contributed by atoms with Crippen LogP contribution in [0, 0.1) is 13.8 Å². The van der Waals surface area contributed by atoms with E-state index < -0.39 is 0 Å². The molecule has 0 radical (unpaired) electrons. The van der Waals surface area contributed by atoms with Crippen LogP contribution in [0.3, 0.4) is 0 Å². The predicted octanol–water partition coefficient (Wildman–Crippen LogP) is 3.72. The van der Waals surface area contributed by atoms with Gasteiger partial charge in [0.05, 0.1) is 5.69 Å². The van der Waals surface area contributed by atoms with Crippen molar-refractivity contribution in [3.8, 4) is 0 Å². The van der Waals surface area contributed by atoms with Crippen LogP contribution in [0.15, 0.2) is 10.5 Å². The first-order valence-electron chi connectivity index (χ1n) is 3.24. The van der Waals surface area contributed by atoms with Crippen molar-refractivity contribution in [2.24, 2.45) is 0 Å². The molecule has 0 aliphatic heterocycles. The summed E-state index contributed by atoms with van der Waals surface area (Å²) in [4.78, 5) is 0. The first kappa shape index (κ1) is 12.1. The molecular weight excluding hydrogens is 261 g/mol. The highest BCUT2D eigenvalue weighted by molar-refractivity contribution is 9.10. The van der Waals surface area contributed by atoms with Gasteiger partial charge in [-0.2, -0.15) is 0 Å². The molecular formula is C8H10BrCl2N. The van der Waals surface area contributed by atoms with Gasteiger partial charge >= 0.3 is 0 Å². The summed E-state index contributed by atoms with van der Waals surface area (Å²) >= 11 is 9.30. The Labute approximate surface area is 91.8 Å². The van der Waals surface area contributed by atoms with Crippen LogP contribution in [-0.4, -0.2) is 0 Å². The molecule has 1 aromatic rings. The largest absolute Gasteiger partial charge is 0.398 e. The normalized spacial score (nSPS) is 9.33. The summed E-state index contributed by atoms with van der Waals surface area (Å²) < 4.78 is 0.914. The molecule has 0 unspecified atom stereocenters. The van der Waals surface area contributed by atoms with Gasteiger partial charge in [0.15, 0.2) is 0 Å². The van der Waals surface area contributed by atoms with E-state index in [1.165, 1.54) is 0 Å². The number of hydrogen-bond donors (Lipinski definition) is 1. The molecule has 12 heavy (non-hydrogen) atoms. The first-order chi connectivity index (χ1) is 5.04. The summed E-state index contributed by atoms with van der Waals surface area (Å²) in [7, 11) is 0. The molecule has 2 N–H and O–H groups in total. The summed E-state index contributed by atoms with van der Waals surface area (Å²) in [6.07, 6.45) is 0. The first-order valence-corrected chi connectivity index (χ1v) is 4.41. The third kappa shape index (κ3) is 2.06. The monoisotopic (exact) mass is 269 g/mol. The molecule has 0 aliphatic carbocycles. The minimum atomic E-state index is 0. The molecule has 0 saturated carbocycles. The maximum absolute atomic E-state index is 5.95. The minimum Gasteiger partial charge on any atom is -0.398 e. The van der Waals surface area contributed by atoms with Gasteiger partial charge in [0.25, 0.3) is 0 Å². The van der Waals surface area contributed by atoms with Crippen LogP contribution in [0.1, 0.15) is 11.1 Å². The summed E-state index contributed by atoms with van der Waals surface area (Å²) in [5.41, 5.74) is 8.43. The lowest BCUT2D eigenvalue weighted by atomic mass is 10.1. The lowest BCUT2D eigenvalue weighted by Gasteiger charge is -2.07. The summed E-state index contributed by atoms with van der Waals surface area (Å²) in [6.45, 7) is 3.87. The van der Waals surface area contributed by atoms with Crippen molar-refractivity contribution in [3.63, 3.8) is 0 Å². The number of anilines is 1. The second-order valence-electron chi connectivity index (χ2n) is 2.53. The molecule has 1 rings (SSSR count). The summed E-state index contributed by atoms with van der Waals surface area (Å²) in [5, 5.41) is 0.755. The topological polar surface area (TPSA) is 26.0 Å². The summed E-state index contributed by atoms with van der Waals surface area (Å²) in [6, 6.07) is 1.92. The number of hydrogen-bond acceptors (Lipinski definition) is 1. The predicted molar refractivity (Wildman–Crippen MR) is 60.3 cm³/mol. The van der Waals surface area contributed by atoms with E-state index >= 15 is 0 Å². The maximum Gasteiger partial charge on any atom is 0.0503 e. The molecule has 0 atom stereocenters. The number of benzene rings is 1. The van der Waals surface area contributed by atoms with Crippen molar-refractivity contribution in [3.05, 3.63) is 26.7 Å². The quantitative estimate of drug-likeness (QED) is 0.715. The Morgan fingerprint density at radius 1 is 1.42 bits per heavy atom. The van der Waals surface area contributed by atoms with Crippen molar-refractivity contribution in [2.45, 2.75) is 13.8 Å². The second kappa shape index (κ2) is 4.35. The number of aryl methyl sites for hydroxylation is 1. The fraction of sp³-hybridized carbons (Fsp3) is 0.250. The molecule has 0 aromatic heterocycles. The standard InChI is InChI=1S/C8H9BrClN.ClH/c1-4-3-6(9)8(11)5(2)7(4)10;/h3H,11H2,1-2H3;1H. The fourth-order valence-corrected chi connectivity index (χ4v) is 1.72. The van der Waals surface area contributed by atoms with Crippen molar-refractivity contribution in [2.75, 3.05) is 5.73 Å². The minimum absolute atomic E-state index is 0. The molecule has 4 heteroatoms. The number of nitrogen functional groups attached to an aromatic ring is 1. The van der Waals surface area contributed by atoms with Crippen LogP contribution in [0.4, 0.5) is 5.69 Å². The van der Waals surface area contributed by atoms with Gasteiger partial charge in [-0.3, -0.25) is 0 Å². The third-order valence-corrected chi connectivity index (χ3v) is 2.92. The third-order valence-electron chi connectivity index (χ3n) is 1.68. The van der Waals surface area contributed by atoms with Gasteiger partial charge in [-0.25, -0.2) is 0 Å². The Hall–Kier alpha value is 0.0800. The molecule has 0 amide bonds. The highest BCUT2D eigenvalue weighted by Gasteiger charge is 2.06. The molecule has 0 saturated heterocycles. The Bertz CT molecular complexity index is 273. The van der Waals surface area contributed by atoms with Gasteiger partial charge < -0.3 is 5.73 Å². The van der Waals surface area contributed by atoms with Gasteiger partial charge in [-0.05, 0) is 47.0 Å². The van der Waals surface area contributed by atoms with E-state index in [4.69, 9.17) is 17.3 Å². The van der Waals surface area contributed by atoms with Gasteiger partial charge in [-0.15, -0.1) is 12.4 Å².